The van der Waals surface area contributed by atoms with E-state index in [-0.39, 0.29) is 0 Å². The predicted octanol–water partition coefficient (Wildman–Crippen LogP) is 6.50. The summed E-state index contributed by atoms with van der Waals surface area (Å²) in [4.78, 5) is 5.61. The maximum Gasteiger partial charge on any atom is 0.124 e. The molecule has 1 aromatic carbocycles. The number of unbranched alkanes of at least 4 members (excludes halogenated alkanes) is 2. The molecule has 4 heteroatoms. The second kappa shape index (κ2) is 13.0. The minimum absolute atomic E-state index is 0.407. The van der Waals surface area contributed by atoms with Crippen LogP contribution in [0.25, 0.3) is 10.6 Å². The van der Waals surface area contributed by atoms with E-state index >= 15 is 0 Å². The van der Waals surface area contributed by atoms with Crippen molar-refractivity contribution in [2.45, 2.75) is 79.9 Å². The van der Waals surface area contributed by atoms with Crippen molar-refractivity contribution in [1.82, 2.24) is 10.3 Å². The molecule has 3 rings (SSSR count). The Morgan fingerprint density at radius 3 is 2.41 bits per heavy atom. The Labute approximate surface area is 170 Å². The first-order chi connectivity index (χ1) is 13.0. The molecule has 2 aromatic rings. The van der Waals surface area contributed by atoms with Gasteiger partial charge in [0.05, 0.1) is 10.6 Å². The van der Waals surface area contributed by atoms with E-state index in [1.54, 1.807) is 11.3 Å². The number of fused-ring (bicyclic) bond motifs is 1. The lowest BCUT2D eigenvalue weighted by atomic mass is 10.1. The quantitative estimate of drug-likeness (QED) is 0.572. The number of benzene rings is 1. The fourth-order valence-corrected chi connectivity index (χ4v) is 3.87. The number of thiazole rings is 1. The molecule has 2 heterocycles. The molecular formula is C23H38N2OS. The van der Waals surface area contributed by atoms with Crippen molar-refractivity contribution in [3.05, 3.63) is 40.4 Å². The van der Waals surface area contributed by atoms with Gasteiger partial charge in [-0.05, 0) is 12.8 Å². The Bertz CT molecular complexity index is 634. The van der Waals surface area contributed by atoms with Crippen molar-refractivity contribution in [2.75, 3.05) is 6.54 Å². The van der Waals surface area contributed by atoms with Gasteiger partial charge in [-0.25, -0.2) is 4.98 Å². The molecule has 152 valence electrons. The molecule has 0 spiro atoms. The predicted molar refractivity (Wildman–Crippen MR) is 119 cm³/mol. The van der Waals surface area contributed by atoms with Crippen molar-refractivity contribution >= 4 is 11.3 Å². The number of rotatable bonds is 5. The number of aryl methyl sites for hydroxylation is 1. The molecule has 0 bridgehead atoms. The van der Waals surface area contributed by atoms with E-state index in [0.717, 1.165) is 33.6 Å². The number of aliphatic hydroxyl groups excluding tert-OH is 1. The van der Waals surface area contributed by atoms with Crippen LogP contribution in [0.4, 0.5) is 0 Å². The van der Waals surface area contributed by atoms with Gasteiger partial charge in [0.2, 0.25) is 0 Å². The Balaban J connectivity index is 0.000000312. The fraction of sp³-hybridized carbons (Fsp3) is 0.609. The van der Waals surface area contributed by atoms with Gasteiger partial charge in [-0.1, -0.05) is 90.1 Å². The number of aliphatic hydroxyl groups is 1. The SMILES string of the molecule is CC.CCCCCC(C)C.Cc1ccc(-c2nc3c(s2)[C@@H](O)CNC3)cc1. The average molecular weight is 391 g/mol. The molecular weight excluding hydrogens is 352 g/mol. The van der Waals surface area contributed by atoms with Gasteiger partial charge in [-0.3, -0.25) is 0 Å². The number of β-amino-alcohol motifs (C(OH)–C–C–N with tert-alkyl or cyclic N) is 1. The van der Waals surface area contributed by atoms with Crippen LogP contribution in [-0.2, 0) is 6.54 Å². The molecule has 0 saturated heterocycles. The number of hydrogen-bond acceptors (Lipinski definition) is 4. The molecule has 2 N–H and O–H groups in total. The van der Waals surface area contributed by atoms with Gasteiger partial charge in [0.15, 0.2) is 0 Å². The summed E-state index contributed by atoms with van der Waals surface area (Å²) in [5.74, 6) is 0.904. The molecule has 0 aliphatic carbocycles. The van der Waals surface area contributed by atoms with E-state index < -0.39 is 6.10 Å². The topological polar surface area (TPSA) is 45.2 Å². The fourth-order valence-electron chi connectivity index (χ4n) is 2.79. The maximum atomic E-state index is 9.87. The molecule has 1 aromatic heterocycles. The zero-order valence-electron chi connectivity index (χ0n) is 18.0. The van der Waals surface area contributed by atoms with Crippen LogP contribution in [-0.4, -0.2) is 16.6 Å². The van der Waals surface area contributed by atoms with E-state index in [1.165, 1.54) is 31.2 Å². The second-order valence-electron chi connectivity index (χ2n) is 7.23. The third kappa shape index (κ3) is 8.12. The van der Waals surface area contributed by atoms with Crippen LogP contribution in [0.2, 0.25) is 0 Å². The lowest BCUT2D eigenvalue weighted by Crippen LogP contribution is -2.26. The van der Waals surface area contributed by atoms with Crippen LogP contribution >= 0.6 is 11.3 Å². The van der Waals surface area contributed by atoms with Crippen LogP contribution in [0, 0.1) is 12.8 Å². The number of nitrogens with one attached hydrogen (secondary N) is 1. The second-order valence-corrected chi connectivity index (χ2v) is 8.26. The van der Waals surface area contributed by atoms with E-state index in [9.17, 15) is 5.11 Å². The highest BCUT2D eigenvalue weighted by Gasteiger charge is 2.22. The van der Waals surface area contributed by atoms with Gasteiger partial charge < -0.3 is 10.4 Å². The van der Waals surface area contributed by atoms with E-state index in [2.05, 4.69) is 62.3 Å². The largest absolute Gasteiger partial charge is 0.386 e. The molecule has 0 radical (unpaired) electrons. The summed E-state index contributed by atoms with van der Waals surface area (Å²) in [6.45, 7) is 14.3. The third-order valence-corrected chi connectivity index (χ3v) is 5.59. The minimum atomic E-state index is -0.407. The molecule has 27 heavy (non-hydrogen) atoms. The van der Waals surface area contributed by atoms with Crippen molar-refractivity contribution in [1.29, 1.82) is 0 Å². The van der Waals surface area contributed by atoms with E-state index in [1.807, 2.05) is 13.8 Å². The highest BCUT2D eigenvalue weighted by Crippen LogP contribution is 2.33. The highest BCUT2D eigenvalue weighted by molar-refractivity contribution is 7.15. The van der Waals surface area contributed by atoms with E-state index in [4.69, 9.17) is 0 Å². The van der Waals surface area contributed by atoms with Crippen LogP contribution in [0.1, 0.15) is 82.5 Å². The van der Waals surface area contributed by atoms with E-state index in [0.29, 0.717) is 6.54 Å². The normalized spacial score (nSPS) is 15.3. The highest BCUT2D eigenvalue weighted by atomic mass is 32.1. The van der Waals surface area contributed by atoms with Gasteiger partial charge in [0, 0.05) is 18.7 Å². The van der Waals surface area contributed by atoms with Gasteiger partial charge in [-0.15, -0.1) is 11.3 Å². The summed E-state index contributed by atoms with van der Waals surface area (Å²) in [7, 11) is 0. The Morgan fingerprint density at radius 1 is 1.19 bits per heavy atom. The van der Waals surface area contributed by atoms with Gasteiger partial charge in [-0.2, -0.15) is 0 Å². The van der Waals surface area contributed by atoms with Gasteiger partial charge >= 0.3 is 0 Å². The average Bonchev–Trinajstić information content (AvgIpc) is 3.10. The van der Waals surface area contributed by atoms with Crippen LogP contribution in [0.3, 0.4) is 0 Å². The van der Waals surface area contributed by atoms with Gasteiger partial charge in [0.25, 0.3) is 0 Å². The zero-order chi connectivity index (χ0) is 20.2. The first-order valence-corrected chi connectivity index (χ1v) is 11.3. The summed E-state index contributed by atoms with van der Waals surface area (Å²) >= 11 is 1.60. The molecule has 1 aliphatic rings. The zero-order valence-corrected chi connectivity index (χ0v) is 18.8. The molecule has 0 saturated carbocycles. The molecule has 3 nitrogen and oxygen atoms in total. The summed E-state index contributed by atoms with van der Waals surface area (Å²) in [6.07, 6.45) is 5.20. The standard InChI is InChI=1S/C13H14N2OS.C8H18.C2H6/c1-8-2-4-9(5-3-8)13-15-10-6-14-7-11(16)12(10)17-13;1-4-5-6-7-8(2)3;1-2/h2-5,11,14,16H,6-7H2,1H3;8H,4-7H2,1-3H3;1-2H3/t11-;;/m0../s1. The number of hydrogen-bond donors (Lipinski definition) is 2. The first kappa shape index (κ1) is 23.8. The molecule has 0 unspecified atom stereocenters. The number of aromatic nitrogens is 1. The van der Waals surface area contributed by atoms with Crippen molar-refractivity contribution < 1.29 is 5.11 Å². The Kier molecular flexibility index (Phi) is 11.5. The first-order valence-electron chi connectivity index (χ1n) is 10.5. The Hall–Kier alpha value is -1.23. The summed E-state index contributed by atoms with van der Waals surface area (Å²) in [5.41, 5.74) is 3.36. The summed E-state index contributed by atoms with van der Waals surface area (Å²) < 4.78 is 0. The van der Waals surface area contributed by atoms with Crippen LogP contribution in [0.15, 0.2) is 24.3 Å². The Morgan fingerprint density at radius 2 is 1.85 bits per heavy atom. The lowest BCUT2D eigenvalue weighted by Gasteiger charge is -2.16. The smallest absolute Gasteiger partial charge is 0.124 e. The third-order valence-electron chi connectivity index (χ3n) is 4.34. The van der Waals surface area contributed by atoms with Crippen molar-refractivity contribution in [3.8, 4) is 10.6 Å². The van der Waals surface area contributed by atoms with Gasteiger partial charge in [0.1, 0.15) is 11.1 Å². The molecule has 0 fully saturated rings. The lowest BCUT2D eigenvalue weighted by molar-refractivity contribution is 0.168. The van der Waals surface area contributed by atoms with Crippen LogP contribution < -0.4 is 5.32 Å². The molecule has 1 aliphatic heterocycles. The summed E-state index contributed by atoms with van der Waals surface area (Å²) in [5, 5.41) is 14.0. The van der Waals surface area contributed by atoms with Crippen molar-refractivity contribution in [3.63, 3.8) is 0 Å². The number of nitrogens with zero attached hydrogens (tertiary/aromatic N) is 1. The van der Waals surface area contributed by atoms with Crippen LogP contribution in [0.5, 0.6) is 0 Å². The maximum absolute atomic E-state index is 9.87. The molecule has 1 atom stereocenters. The molecule has 0 amide bonds. The minimum Gasteiger partial charge on any atom is -0.386 e. The summed E-state index contributed by atoms with van der Waals surface area (Å²) in [6, 6.07) is 8.34. The monoisotopic (exact) mass is 390 g/mol. The van der Waals surface area contributed by atoms with Crippen molar-refractivity contribution in [2.24, 2.45) is 5.92 Å².